The molecule has 0 aromatic heterocycles. The van der Waals surface area contributed by atoms with Gasteiger partial charge in [-0.1, -0.05) is 104 Å². The van der Waals surface area contributed by atoms with Crippen molar-refractivity contribution in [2.45, 2.75) is 107 Å². The fourth-order valence-corrected chi connectivity index (χ4v) is 6.92. The quantitative estimate of drug-likeness (QED) is 0.223. The van der Waals surface area contributed by atoms with Gasteiger partial charge in [0.05, 0.1) is 0 Å². The number of benzene rings is 2. The van der Waals surface area contributed by atoms with Crippen molar-refractivity contribution in [3.63, 3.8) is 0 Å². The molecule has 0 nitrogen and oxygen atoms in total. The summed E-state index contributed by atoms with van der Waals surface area (Å²) in [6.07, 6.45) is 12.8. The number of rotatable bonds is 0. The molecule has 0 heterocycles. The third kappa shape index (κ3) is 6.02. The summed E-state index contributed by atoms with van der Waals surface area (Å²) in [5, 5.41) is 0. The zero-order valence-electron chi connectivity index (χ0n) is 27.2. The topological polar surface area (TPSA) is 0 Å². The summed E-state index contributed by atoms with van der Waals surface area (Å²) >= 11 is 1.55. The molecule has 2 aromatic carbocycles. The van der Waals surface area contributed by atoms with Crippen molar-refractivity contribution in [3.05, 3.63) is 93.1 Å². The molecule has 0 radical (unpaired) electrons. The van der Waals surface area contributed by atoms with E-state index in [2.05, 4.69) is 139 Å². The van der Waals surface area contributed by atoms with Crippen molar-refractivity contribution < 1.29 is 24.2 Å². The Bertz CT molecular complexity index is 1420. The molecule has 4 aliphatic rings. The van der Waals surface area contributed by atoms with Crippen LogP contribution in [0.4, 0.5) is 0 Å². The van der Waals surface area contributed by atoms with Gasteiger partial charge in [-0.25, -0.2) is 11.1 Å². The number of hydrogen-bond acceptors (Lipinski definition) is 0. The van der Waals surface area contributed by atoms with Crippen molar-refractivity contribution in [2.75, 3.05) is 0 Å². The van der Waals surface area contributed by atoms with Crippen LogP contribution in [0.3, 0.4) is 0 Å². The second-order valence-electron chi connectivity index (χ2n) is 14.6. The Balaban J connectivity index is 0.000000206. The second-order valence-corrected chi connectivity index (χ2v) is 17.1. The minimum atomic E-state index is 0.0340. The van der Waals surface area contributed by atoms with E-state index < -0.39 is 0 Å². The summed E-state index contributed by atoms with van der Waals surface area (Å²) in [5.41, 5.74) is 17.6. The summed E-state index contributed by atoms with van der Waals surface area (Å²) in [6.45, 7) is 29.0. The molecule has 0 amide bonds. The first-order chi connectivity index (χ1) is 18.3. The van der Waals surface area contributed by atoms with Crippen LogP contribution in [0.2, 0.25) is 0 Å². The van der Waals surface area contributed by atoms with Crippen molar-refractivity contribution >= 4 is 14.4 Å². The molecule has 0 saturated carbocycles. The van der Waals surface area contributed by atoms with Gasteiger partial charge in [0, 0.05) is 5.41 Å². The monoisotopic (exact) mass is 606 g/mol. The van der Waals surface area contributed by atoms with Crippen molar-refractivity contribution in [1.82, 2.24) is 0 Å². The zero-order valence-corrected chi connectivity index (χ0v) is 29.7. The van der Waals surface area contributed by atoms with Gasteiger partial charge >= 0.3 is 41.3 Å². The molecule has 2 aromatic rings. The Morgan fingerprint density at radius 3 is 1.82 bits per heavy atom. The van der Waals surface area contributed by atoms with E-state index in [0.29, 0.717) is 11.3 Å². The van der Waals surface area contributed by atoms with Gasteiger partial charge in [0.15, 0.2) is 0 Å². The molecule has 0 saturated heterocycles. The first-order valence-electron chi connectivity index (χ1n) is 14.8. The first kappa shape index (κ1) is 31.1. The predicted octanol–water partition coefficient (Wildman–Crippen LogP) is 10.6. The molecule has 40 heavy (non-hydrogen) atoms. The average Bonchev–Trinajstić information content (AvgIpc) is 3.46. The third-order valence-corrected chi connectivity index (χ3v) is 8.50. The average molecular weight is 608 g/mol. The molecule has 0 aliphatic heterocycles. The predicted molar refractivity (Wildman–Crippen MR) is 172 cm³/mol. The number of hydrogen-bond donors (Lipinski definition) is 0. The van der Waals surface area contributed by atoms with Crippen LogP contribution in [-0.4, -0.2) is 3.21 Å². The summed E-state index contributed by atoms with van der Waals surface area (Å²) in [4.78, 5) is 0. The van der Waals surface area contributed by atoms with Gasteiger partial charge < -0.3 is 0 Å². The van der Waals surface area contributed by atoms with E-state index in [1.54, 1.807) is 24.2 Å². The van der Waals surface area contributed by atoms with E-state index in [1.807, 2.05) is 0 Å². The maximum atomic E-state index is 3.65. The third-order valence-electron chi connectivity index (χ3n) is 8.50. The molecule has 0 bridgehead atoms. The molecule has 0 N–H and O–H groups in total. The molecular formula is C39H48Zr. The SMILES string of the molecule is CC1=[C-]C(C)(C)c2cc3c(cc21)-c1cc2c(cc1C3)C(C)(C)C=C2C.CC1=[C-]C(C)C=C1C(C)(C)C.C[C](C)=[Zr+2]. The molecule has 1 unspecified atom stereocenters. The van der Waals surface area contributed by atoms with Gasteiger partial charge in [0.25, 0.3) is 0 Å². The summed E-state index contributed by atoms with van der Waals surface area (Å²) in [6, 6.07) is 9.81. The van der Waals surface area contributed by atoms with Crippen LogP contribution in [-0.2, 0) is 41.5 Å². The maximum absolute atomic E-state index is 3.65. The van der Waals surface area contributed by atoms with Crippen molar-refractivity contribution in [3.8, 4) is 11.1 Å². The minimum absolute atomic E-state index is 0.0340. The Morgan fingerprint density at radius 2 is 1.35 bits per heavy atom. The molecule has 1 atom stereocenters. The van der Waals surface area contributed by atoms with E-state index in [-0.39, 0.29) is 10.8 Å². The Hall–Kier alpha value is -1.85. The second kappa shape index (κ2) is 10.8. The van der Waals surface area contributed by atoms with Gasteiger partial charge in [-0.3, -0.25) is 12.2 Å². The van der Waals surface area contributed by atoms with Gasteiger partial charge in [0.1, 0.15) is 0 Å². The molecular weight excluding hydrogens is 560 g/mol. The van der Waals surface area contributed by atoms with Gasteiger partial charge in [-0.2, -0.15) is 17.2 Å². The van der Waals surface area contributed by atoms with Crippen LogP contribution in [0.1, 0.15) is 123 Å². The van der Waals surface area contributed by atoms with E-state index in [4.69, 9.17) is 0 Å². The normalized spacial score (nSPS) is 20.4. The first-order valence-corrected chi connectivity index (χ1v) is 16.1. The number of allylic oxidation sites excluding steroid dienone is 8. The van der Waals surface area contributed by atoms with Crippen LogP contribution < -0.4 is 0 Å². The van der Waals surface area contributed by atoms with Crippen LogP contribution >= 0.6 is 0 Å². The van der Waals surface area contributed by atoms with Gasteiger partial charge in [-0.05, 0) is 58.4 Å². The molecule has 4 aliphatic carbocycles. The molecule has 1 heteroatoms. The van der Waals surface area contributed by atoms with Crippen LogP contribution in [0, 0.1) is 23.5 Å². The van der Waals surface area contributed by atoms with Crippen LogP contribution in [0.25, 0.3) is 22.3 Å². The van der Waals surface area contributed by atoms with Crippen LogP contribution in [0.5, 0.6) is 0 Å². The molecule has 6 rings (SSSR count). The Labute approximate surface area is 260 Å². The fraction of sp³-hybridized carbons (Fsp3) is 0.462. The van der Waals surface area contributed by atoms with E-state index in [9.17, 15) is 0 Å². The summed E-state index contributed by atoms with van der Waals surface area (Å²) < 4.78 is 1.51. The summed E-state index contributed by atoms with van der Waals surface area (Å²) in [5.74, 6) is 0.518. The van der Waals surface area contributed by atoms with Crippen molar-refractivity contribution in [1.29, 1.82) is 0 Å². The van der Waals surface area contributed by atoms with E-state index in [1.165, 1.54) is 70.0 Å². The molecule has 0 fully saturated rings. The van der Waals surface area contributed by atoms with Crippen molar-refractivity contribution in [2.24, 2.45) is 11.3 Å². The fourth-order valence-electron chi connectivity index (χ4n) is 6.92. The van der Waals surface area contributed by atoms with Crippen LogP contribution in [0.15, 0.2) is 47.6 Å². The zero-order chi connectivity index (χ0) is 29.9. The standard InChI is InChI=1S/C25H25.C11H17.C3H6.Zr/c1-14-12-24(3,4)22-8-16-7-17-9-23-19(15(2)13-25(23,5)6)11-21(17)20(16)10-18(14)22;1-8-6-9(2)10(7-8)11(3,4)5;1-3-2;/h8-12H,7H2,1-6H3;7-8H,1-5H3;1-2H3;/q2*-1;;+2. The summed E-state index contributed by atoms with van der Waals surface area (Å²) in [7, 11) is 0. The van der Waals surface area contributed by atoms with E-state index >= 15 is 0 Å². The Morgan fingerprint density at radius 1 is 0.825 bits per heavy atom. The van der Waals surface area contributed by atoms with E-state index in [0.717, 1.165) is 6.42 Å². The van der Waals surface area contributed by atoms with Gasteiger partial charge in [-0.15, -0.1) is 11.6 Å². The number of fused-ring (bicyclic) bond motifs is 5. The van der Waals surface area contributed by atoms with Gasteiger partial charge in [0.2, 0.25) is 0 Å². The Kier molecular flexibility index (Phi) is 8.37. The molecule has 208 valence electrons. The molecule has 0 spiro atoms.